The number of benzene rings is 2. The van der Waals surface area contributed by atoms with E-state index in [2.05, 4.69) is 10.6 Å². The van der Waals surface area contributed by atoms with E-state index in [1.807, 2.05) is 0 Å². The Hall–Kier alpha value is -2.60. The first-order chi connectivity index (χ1) is 10.0. The maximum Gasteiger partial charge on any atom is 0.319 e. The second-order valence-electron chi connectivity index (χ2n) is 4.24. The van der Waals surface area contributed by atoms with Gasteiger partial charge in [0.15, 0.2) is 0 Å². The zero-order valence-electron chi connectivity index (χ0n) is 10.9. The second-order valence-corrected chi connectivity index (χ2v) is 4.68. The van der Waals surface area contributed by atoms with Crippen molar-refractivity contribution >= 4 is 29.0 Å². The Morgan fingerprint density at radius 3 is 2.57 bits per heavy atom. The van der Waals surface area contributed by atoms with Gasteiger partial charge in [-0.15, -0.1) is 0 Å². The van der Waals surface area contributed by atoms with Gasteiger partial charge in [0.1, 0.15) is 0 Å². The van der Waals surface area contributed by atoms with E-state index in [1.165, 1.54) is 18.2 Å². The van der Waals surface area contributed by atoms with Crippen molar-refractivity contribution in [1.82, 2.24) is 5.32 Å². The highest BCUT2D eigenvalue weighted by atomic mass is 35.5. The Morgan fingerprint density at radius 1 is 1.19 bits per heavy atom. The Bertz CT molecular complexity index is 659. The van der Waals surface area contributed by atoms with Gasteiger partial charge in [0.05, 0.1) is 4.92 Å². The van der Waals surface area contributed by atoms with Gasteiger partial charge in [0.2, 0.25) is 0 Å². The number of hydrogen-bond acceptors (Lipinski definition) is 3. The Balaban J connectivity index is 1.91. The van der Waals surface area contributed by atoms with Crippen LogP contribution in [0.4, 0.5) is 16.2 Å². The summed E-state index contributed by atoms with van der Waals surface area (Å²) in [7, 11) is 0. The van der Waals surface area contributed by atoms with Crippen LogP contribution in [0.15, 0.2) is 48.5 Å². The molecule has 0 aliphatic heterocycles. The summed E-state index contributed by atoms with van der Waals surface area (Å²) in [5, 5.41) is 16.5. The molecule has 0 saturated carbocycles. The fraction of sp³-hybridized carbons (Fsp3) is 0.0714. The number of nitro benzene ring substituents is 1. The summed E-state index contributed by atoms with van der Waals surface area (Å²) in [5.74, 6) is 0. The van der Waals surface area contributed by atoms with Crippen molar-refractivity contribution in [2.24, 2.45) is 0 Å². The van der Waals surface area contributed by atoms with Crippen LogP contribution in [0.3, 0.4) is 0 Å². The molecule has 7 heteroatoms. The van der Waals surface area contributed by atoms with Crippen LogP contribution in [-0.2, 0) is 6.54 Å². The molecule has 0 aliphatic rings. The number of carbonyl (C=O) groups is 1. The van der Waals surface area contributed by atoms with Crippen molar-refractivity contribution in [3.8, 4) is 0 Å². The lowest BCUT2D eigenvalue weighted by Crippen LogP contribution is -2.28. The van der Waals surface area contributed by atoms with Gasteiger partial charge in [-0.25, -0.2) is 4.79 Å². The number of urea groups is 1. The fourth-order valence-electron chi connectivity index (χ4n) is 1.66. The summed E-state index contributed by atoms with van der Waals surface area (Å²) < 4.78 is 0. The van der Waals surface area contributed by atoms with Crippen molar-refractivity contribution in [2.75, 3.05) is 5.32 Å². The van der Waals surface area contributed by atoms with Crippen LogP contribution in [-0.4, -0.2) is 11.0 Å². The molecule has 0 saturated heterocycles. The number of hydrogen-bond donors (Lipinski definition) is 2. The number of amides is 2. The molecule has 2 N–H and O–H groups in total. The molecule has 2 aromatic rings. The zero-order valence-corrected chi connectivity index (χ0v) is 11.6. The third-order valence-electron chi connectivity index (χ3n) is 2.68. The van der Waals surface area contributed by atoms with Crippen LogP contribution >= 0.6 is 11.6 Å². The Labute approximate surface area is 125 Å². The van der Waals surface area contributed by atoms with E-state index < -0.39 is 11.0 Å². The monoisotopic (exact) mass is 305 g/mol. The van der Waals surface area contributed by atoms with E-state index >= 15 is 0 Å². The first-order valence-electron chi connectivity index (χ1n) is 6.08. The quantitative estimate of drug-likeness (QED) is 0.669. The number of carbonyl (C=O) groups excluding carboxylic acids is 1. The summed E-state index contributed by atoms with van der Waals surface area (Å²) in [5.41, 5.74) is 1.18. The average Bonchev–Trinajstić information content (AvgIpc) is 2.47. The molecular formula is C14H12ClN3O3. The minimum absolute atomic E-state index is 0.0782. The Kier molecular flexibility index (Phi) is 4.73. The maximum absolute atomic E-state index is 11.7. The largest absolute Gasteiger partial charge is 0.334 e. The van der Waals surface area contributed by atoms with Crippen LogP contribution in [0, 0.1) is 10.1 Å². The third-order valence-corrected chi connectivity index (χ3v) is 2.93. The SMILES string of the molecule is O=C(NCc1ccc(Cl)cc1)Nc1cccc([N+](=O)[O-])c1. The number of nitro groups is 1. The molecule has 2 rings (SSSR count). The summed E-state index contributed by atoms with van der Waals surface area (Å²) in [6.45, 7) is 0.331. The van der Waals surface area contributed by atoms with Gasteiger partial charge in [-0.2, -0.15) is 0 Å². The lowest BCUT2D eigenvalue weighted by Gasteiger charge is -2.07. The van der Waals surface area contributed by atoms with Gasteiger partial charge < -0.3 is 10.6 Å². The molecule has 0 spiro atoms. The smallest absolute Gasteiger partial charge is 0.319 e. The Morgan fingerprint density at radius 2 is 1.90 bits per heavy atom. The van der Waals surface area contributed by atoms with E-state index in [0.29, 0.717) is 17.3 Å². The predicted molar refractivity (Wildman–Crippen MR) is 80.4 cm³/mol. The molecule has 6 nitrogen and oxygen atoms in total. The van der Waals surface area contributed by atoms with E-state index in [1.54, 1.807) is 30.3 Å². The highest BCUT2D eigenvalue weighted by Crippen LogP contribution is 2.16. The lowest BCUT2D eigenvalue weighted by atomic mass is 10.2. The highest BCUT2D eigenvalue weighted by Gasteiger charge is 2.07. The molecule has 2 aromatic carbocycles. The molecule has 0 fully saturated rings. The number of non-ortho nitro benzene ring substituents is 1. The van der Waals surface area contributed by atoms with Crippen LogP contribution in [0.1, 0.15) is 5.56 Å². The zero-order chi connectivity index (χ0) is 15.2. The summed E-state index contributed by atoms with van der Waals surface area (Å²) >= 11 is 5.77. The maximum atomic E-state index is 11.7. The van der Waals surface area contributed by atoms with Crippen molar-refractivity contribution < 1.29 is 9.72 Å². The fourth-order valence-corrected chi connectivity index (χ4v) is 1.78. The van der Waals surface area contributed by atoms with Gasteiger partial charge in [-0.3, -0.25) is 10.1 Å². The number of anilines is 1. The standard InChI is InChI=1S/C14H12ClN3O3/c15-11-6-4-10(5-7-11)9-16-14(19)17-12-2-1-3-13(8-12)18(20)21/h1-8H,9H2,(H2,16,17,19). The summed E-state index contributed by atoms with van der Waals surface area (Å²) in [6, 6.07) is 12.4. The molecular weight excluding hydrogens is 294 g/mol. The molecule has 108 valence electrons. The molecule has 0 unspecified atom stereocenters. The molecule has 0 atom stereocenters. The second kappa shape index (κ2) is 6.71. The summed E-state index contributed by atoms with van der Waals surface area (Å²) in [4.78, 5) is 21.8. The molecule has 2 amide bonds. The van der Waals surface area contributed by atoms with Crippen molar-refractivity contribution in [3.05, 3.63) is 69.2 Å². The average molecular weight is 306 g/mol. The third kappa shape index (κ3) is 4.47. The molecule has 0 bridgehead atoms. The summed E-state index contributed by atoms with van der Waals surface area (Å²) in [6.07, 6.45) is 0. The number of nitrogens with one attached hydrogen (secondary N) is 2. The molecule has 0 aromatic heterocycles. The molecule has 0 heterocycles. The number of rotatable bonds is 4. The van der Waals surface area contributed by atoms with Crippen LogP contribution in [0.5, 0.6) is 0 Å². The van der Waals surface area contributed by atoms with Crippen LogP contribution < -0.4 is 10.6 Å². The minimum atomic E-state index is -0.517. The van der Waals surface area contributed by atoms with Gasteiger partial charge in [-0.1, -0.05) is 29.8 Å². The molecule has 0 radical (unpaired) electrons. The highest BCUT2D eigenvalue weighted by molar-refractivity contribution is 6.30. The molecule has 0 aliphatic carbocycles. The normalized spacial score (nSPS) is 9.95. The van der Waals surface area contributed by atoms with Crippen molar-refractivity contribution in [3.63, 3.8) is 0 Å². The van der Waals surface area contributed by atoms with E-state index in [0.717, 1.165) is 5.56 Å². The number of halogens is 1. The first kappa shape index (κ1) is 14.8. The van der Waals surface area contributed by atoms with Gasteiger partial charge in [0, 0.05) is 29.4 Å². The molecule has 21 heavy (non-hydrogen) atoms. The predicted octanol–water partition coefficient (Wildman–Crippen LogP) is 3.57. The van der Waals surface area contributed by atoms with E-state index in [9.17, 15) is 14.9 Å². The van der Waals surface area contributed by atoms with Gasteiger partial charge in [0.25, 0.3) is 5.69 Å². The lowest BCUT2D eigenvalue weighted by molar-refractivity contribution is -0.384. The van der Waals surface area contributed by atoms with Gasteiger partial charge >= 0.3 is 6.03 Å². The minimum Gasteiger partial charge on any atom is -0.334 e. The number of nitrogens with zero attached hydrogens (tertiary/aromatic N) is 1. The van der Waals surface area contributed by atoms with E-state index in [-0.39, 0.29) is 5.69 Å². The van der Waals surface area contributed by atoms with Crippen molar-refractivity contribution in [1.29, 1.82) is 0 Å². The van der Waals surface area contributed by atoms with E-state index in [4.69, 9.17) is 11.6 Å². The van der Waals surface area contributed by atoms with Crippen LogP contribution in [0.25, 0.3) is 0 Å². The van der Waals surface area contributed by atoms with Crippen molar-refractivity contribution in [2.45, 2.75) is 6.54 Å². The first-order valence-corrected chi connectivity index (χ1v) is 6.46. The van der Waals surface area contributed by atoms with Gasteiger partial charge in [-0.05, 0) is 23.8 Å². The topological polar surface area (TPSA) is 84.3 Å². The van der Waals surface area contributed by atoms with Crippen LogP contribution in [0.2, 0.25) is 5.02 Å².